The second-order valence-corrected chi connectivity index (χ2v) is 5.57. The number of aromatic nitrogens is 1. The van der Waals surface area contributed by atoms with Gasteiger partial charge in [0.05, 0.1) is 4.88 Å². The summed E-state index contributed by atoms with van der Waals surface area (Å²) in [5, 5.41) is 0.459. The van der Waals surface area contributed by atoms with E-state index >= 15 is 0 Å². The topological polar surface area (TPSA) is 48.1 Å². The van der Waals surface area contributed by atoms with Crippen LogP contribution >= 0.6 is 11.3 Å². The van der Waals surface area contributed by atoms with Crippen molar-refractivity contribution >= 4 is 16.5 Å². The van der Waals surface area contributed by atoms with E-state index in [1.807, 2.05) is 30.3 Å². The summed E-state index contributed by atoms with van der Waals surface area (Å²) in [4.78, 5) is 4.80. The Morgan fingerprint density at radius 2 is 1.95 bits per heavy atom. The number of anilines is 1. The number of hydrogen-bond acceptors (Lipinski definition) is 4. The quantitative estimate of drug-likeness (QED) is 0.788. The smallest absolute Gasteiger partial charge is 0.180 e. The molecule has 3 rings (SSSR count). The summed E-state index contributed by atoms with van der Waals surface area (Å²) < 4.78 is 19.4. The van der Waals surface area contributed by atoms with Crippen LogP contribution in [0.1, 0.15) is 5.56 Å². The zero-order chi connectivity index (χ0) is 14.7. The SMILES string of the molecule is Nc1ncc(-c2cc(F)cc(OCc3ccccc3)c2)s1. The monoisotopic (exact) mass is 300 g/mol. The van der Waals surface area contributed by atoms with E-state index in [4.69, 9.17) is 10.5 Å². The summed E-state index contributed by atoms with van der Waals surface area (Å²) in [6, 6.07) is 14.4. The molecule has 0 bridgehead atoms. The molecule has 0 aliphatic rings. The Kier molecular flexibility index (Phi) is 3.83. The van der Waals surface area contributed by atoms with E-state index in [0.717, 1.165) is 10.4 Å². The number of nitrogen functional groups attached to an aromatic ring is 1. The zero-order valence-electron chi connectivity index (χ0n) is 11.1. The molecule has 0 atom stereocenters. The molecule has 21 heavy (non-hydrogen) atoms. The Labute approximate surface area is 125 Å². The highest BCUT2D eigenvalue weighted by molar-refractivity contribution is 7.18. The van der Waals surface area contributed by atoms with Crippen molar-refractivity contribution in [2.24, 2.45) is 0 Å². The average molecular weight is 300 g/mol. The van der Waals surface area contributed by atoms with Gasteiger partial charge < -0.3 is 10.5 Å². The van der Waals surface area contributed by atoms with Crippen molar-refractivity contribution in [3.8, 4) is 16.2 Å². The molecule has 0 saturated heterocycles. The molecular formula is C16H13FN2OS. The molecule has 1 heterocycles. The minimum Gasteiger partial charge on any atom is -0.489 e. The molecule has 0 aliphatic heterocycles. The molecular weight excluding hydrogens is 287 g/mol. The lowest BCUT2D eigenvalue weighted by atomic mass is 10.2. The van der Waals surface area contributed by atoms with Crippen LogP contribution < -0.4 is 10.5 Å². The minimum atomic E-state index is -0.345. The average Bonchev–Trinajstić information content (AvgIpc) is 2.92. The molecule has 0 radical (unpaired) electrons. The first-order valence-corrected chi connectivity index (χ1v) is 7.21. The van der Waals surface area contributed by atoms with Crippen molar-refractivity contribution in [2.45, 2.75) is 6.61 Å². The predicted octanol–water partition coefficient (Wildman–Crippen LogP) is 4.11. The third-order valence-corrected chi connectivity index (χ3v) is 3.80. The van der Waals surface area contributed by atoms with E-state index in [1.54, 1.807) is 12.3 Å². The number of nitrogens with zero attached hydrogens (tertiary/aromatic N) is 1. The van der Waals surface area contributed by atoms with Crippen molar-refractivity contribution in [2.75, 3.05) is 5.73 Å². The lowest BCUT2D eigenvalue weighted by molar-refractivity contribution is 0.305. The molecule has 3 aromatic rings. The van der Waals surface area contributed by atoms with Crippen molar-refractivity contribution in [1.29, 1.82) is 0 Å². The number of nitrogens with two attached hydrogens (primary N) is 1. The Morgan fingerprint density at radius 1 is 1.14 bits per heavy atom. The number of benzene rings is 2. The van der Waals surface area contributed by atoms with Crippen LogP contribution in [-0.2, 0) is 6.61 Å². The maximum atomic E-state index is 13.7. The maximum absolute atomic E-state index is 13.7. The number of thiazole rings is 1. The van der Waals surface area contributed by atoms with Gasteiger partial charge in [0.1, 0.15) is 18.2 Å². The van der Waals surface area contributed by atoms with E-state index in [2.05, 4.69) is 4.98 Å². The van der Waals surface area contributed by atoms with Crippen molar-refractivity contribution in [3.63, 3.8) is 0 Å². The van der Waals surface area contributed by atoms with Crippen molar-refractivity contribution < 1.29 is 9.13 Å². The van der Waals surface area contributed by atoms with Crippen LogP contribution in [0.5, 0.6) is 5.75 Å². The largest absolute Gasteiger partial charge is 0.489 e. The zero-order valence-corrected chi connectivity index (χ0v) is 11.9. The van der Waals surface area contributed by atoms with Crippen LogP contribution in [-0.4, -0.2) is 4.98 Å². The third kappa shape index (κ3) is 3.38. The summed E-state index contributed by atoms with van der Waals surface area (Å²) in [6.07, 6.45) is 1.63. The van der Waals surface area contributed by atoms with Gasteiger partial charge in [-0.15, -0.1) is 0 Å². The summed E-state index contributed by atoms with van der Waals surface area (Å²) in [7, 11) is 0. The van der Waals surface area contributed by atoms with Crippen LogP contribution in [0.2, 0.25) is 0 Å². The Balaban J connectivity index is 1.81. The predicted molar refractivity (Wildman–Crippen MR) is 82.7 cm³/mol. The molecule has 0 spiro atoms. The van der Waals surface area contributed by atoms with E-state index in [-0.39, 0.29) is 5.82 Å². The van der Waals surface area contributed by atoms with Gasteiger partial charge in [-0.25, -0.2) is 9.37 Å². The molecule has 0 aliphatic carbocycles. The van der Waals surface area contributed by atoms with Gasteiger partial charge in [0.2, 0.25) is 0 Å². The van der Waals surface area contributed by atoms with Crippen LogP contribution in [0.4, 0.5) is 9.52 Å². The molecule has 5 heteroatoms. The normalized spacial score (nSPS) is 10.5. The number of rotatable bonds is 4. The van der Waals surface area contributed by atoms with Gasteiger partial charge in [-0.05, 0) is 23.3 Å². The Bertz CT molecular complexity index is 743. The van der Waals surface area contributed by atoms with E-state index in [0.29, 0.717) is 23.1 Å². The van der Waals surface area contributed by atoms with Crippen LogP contribution in [0.25, 0.3) is 10.4 Å². The van der Waals surface area contributed by atoms with Crippen molar-refractivity contribution in [1.82, 2.24) is 4.98 Å². The molecule has 1 aromatic heterocycles. The third-order valence-electron chi connectivity index (χ3n) is 2.93. The Hall–Kier alpha value is -2.40. The maximum Gasteiger partial charge on any atom is 0.180 e. The molecule has 2 N–H and O–H groups in total. The van der Waals surface area contributed by atoms with E-state index in [1.165, 1.54) is 23.5 Å². The Morgan fingerprint density at radius 3 is 2.67 bits per heavy atom. The van der Waals surface area contributed by atoms with E-state index in [9.17, 15) is 4.39 Å². The van der Waals surface area contributed by atoms with Gasteiger partial charge in [0.15, 0.2) is 5.13 Å². The van der Waals surface area contributed by atoms with Gasteiger partial charge in [-0.3, -0.25) is 0 Å². The molecule has 0 saturated carbocycles. The number of ether oxygens (including phenoxy) is 1. The standard InChI is InChI=1S/C16H13FN2OS/c17-13-6-12(15-9-19-16(18)21-15)7-14(8-13)20-10-11-4-2-1-3-5-11/h1-9H,10H2,(H2,18,19). The second kappa shape index (κ2) is 5.93. The van der Waals surface area contributed by atoms with Gasteiger partial charge >= 0.3 is 0 Å². The molecule has 3 nitrogen and oxygen atoms in total. The minimum absolute atomic E-state index is 0.345. The highest BCUT2D eigenvalue weighted by Gasteiger charge is 2.07. The summed E-state index contributed by atoms with van der Waals surface area (Å²) in [6.45, 7) is 0.397. The fraction of sp³-hybridized carbons (Fsp3) is 0.0625. The fourth-order valence-corrected chi connectivity index (χ4v) is 2.62. The first-order valence-electron chi connectivity index (χ1n) is 6.40. The molecule has 2 aromatic carbocycles. The fourth-order valence-electron chi connectivity index (χ4n) is 1.95. The molecule has 0 amide bonds. The van der Waals surface area contributed by atoms with Crippen LogP contribution in [0.15, 0.2) is 54.7 Å². The first-order chi connectivity index (χ1) is 10.2. The molecule has 106 valence electrons. The molecule has 0 unspecified atom stereocenters. The lowest BCUT2D eigenvalue weighted by Gasteiger charge is -2.08. The van der Waals surface area contributed by atoms with Gasteiger partial charge in [0, 0.05) is 12.3 Å². The summed E-state index contributed by atoms with van der Waals surface area (Å²) in [5.41, 5.74) is 7.36. The van der Waals surface area contributed by atoms with Crippen LogP contribution in [0.3, 0.4) is 0 Å². The molecule has 0 fully saturated rings. The lowest BCUT2D eigenvalue weighted by Crippen LogP contribution is -1.95. The summed E-state index contributed by atoms with van der Waals surface area (Å²) in [5.74, 6) is 0.142. The first kappa shape index (κ1) is 13.6. The highest BCUT2D eigenvalue weighted by Crippen LogP contribution is 2.31. The summed E-state index contributed by atoms with van der Waals surface area (Å²) >= 11 is 1.32. The van der Waals surface area contributed by atoms with Gasteiger partial charge in [-0.1, -0.05) is 41.7 Å². The number of halogens is 1. The van der Waals surface area contributed by atoms with E-state index < -0.39 is 0 Å². The second-order valence-electron chi connectivity index (χ2n) is 4.51. The van der Waals surface area contributed by atoms with Gasteiger partial charge in [-0.2, -0.15) is 0 Å². The highest BCUT2D eigenvalue weighted by atomic mass is 32.1. The van der Waals surface area contributed by atoms with Crippen LogP contribution in [0, 0.1) is 5.82 Å². The number of hydrogen-bond donors (Lipinski definition) is 1. The van der Waals surface area contributed by atoms with Gasteiger partial charge in [0.25, 0.3) is 0 Å². The van der Waals surface area contributed by atoms with Crippen molar-refractivity contribution in [3.05, 3.63) is 66.1 Å².